The highest BCUT2D eigenvalue weighted by Crippen LogP contribution is 2.16. The highest BCUT2D eigenvalue weighted by molar-refractivity contribution is 5.92. The second-order valence-electron chi connectivity index (χ2n) is 4.72. The van der Waals surface area contributed by atoms with E-state index in [2.05, 4.69) is 20.2 Å². The first kappa shape index (κ1) is 13.2. The average molecular weight is 282 g/mol. The summed E-state index contributed by atoms with van der Waals surface area (Å²) in [5.74, 6) is 1.22. The van der Waals surface area contributed by atoms with Gasteiger partial charge in [-0.3, -0.25) is 0 Å². The van der Waals surface area contributed by atoms with Crippen LogP contribution in [0.25, 0.3) is 11.6 Å². The van der Waals surface area contributed by atoms with Crippen LogP contribution in [0.2, 0.25) is 0 Å². The maximum Gasteiger partial charge on any atom is 0.239 e. The molecule has 2 heterocycles. The van der Waals surface area contributed by atoms with Crippen molar-refractivity contribution in [3.05, 3.63) is 47.6 Å². The highest BCUT2D eigenvalue weighted by atomic mass is 16.5. The Morgan fingerprint density at radius 3 is 2.81 bits per heavy atom. The standard InChI is InChI=1S/C14H14N6O/c1-9-5-3-4-6-11(9)7-20-14(13-16-8-21-19-13)17-12(18-20)10(2)15/h3-6,8,15H,7H2,1-2H3. The van der Waals surface area contributed by atoms with Crippen molar-refractivity contribution in [2.24, 2.45) is 0 Å². The molecule has 0 saturated heterocycles. The minimum Gasteiger partial charge on any atom is -0.342 e. The van der Waals surface area contributed by atoms with Crippen LogP contribution in [-0.4, -0.2) is 30.6 Å². The molecule has 0 spiro atoms. The van der Waals surface area contributed by atoms with Crippen LogP contribution >= 0.6 is 0 Å². The number of hydrogen-bond acceptors (Lipinski definition) is 6. The fourth-order valence-electron chi connectivity index (χ4n) is 1.99. The van der Waals surface area contributed by atoms with E-state index < -0.39 is 0 Å². The van der Waals surface area contributed by atoms with Gasteiger partial charge in [-0.15, -0.1) is 5.10 Å². The molecule has 21 heavy (non-hydrogen) atoms. The van der Waals surface area contributed by atoms with E-state index in [1.807, 2.05) is 31.2 Å². The SMILES string of the molecule is CC(=N)c1nc(-c2ncon2)n(Cc2ccccc2C)n1. The molecule has 0 atom stereocenters. The summed E-state index contributed by atoms with van der Waals surface area (Å²) in [5.41, 5.74) is 2.59. The third-order valence-corrected chi connectivity index (χ3v) is 3.15. The van der Waals surface area contributed by atoms with E-state index in [1.165, 1.54) is 12.0 Å². The van der Waals surface area contributed by atoms with Gasteiger partial charge in [0.25, 0.3) is 0 Å². The van der Waals surface area contributed by atoms with Gasteiger partial charge in [-0.2, -0.15) is 4.98 Å². The largest absolute Gasteiger partial charge is 0.342 e. The van der Waals surface area contributed by atoms with E-state index in [0.29, 0.717) is 29.7 Å². The van der Waals surface area contributed by atoms with Crippen LogP contribution in [0, 0.1) is 12.3 Å². The predicted octanol–water partition coefficient (Wildman–Crippen LogP) is 2.07. The number of benzene rings is 1. The summed E-state index contributed by atoms with van der Waals surface area (Å²) in [6.07, 6.45) is 1.25. The molecule has 0 unspecified atom stereocenters. The minimum absolute atomic E-state index is 0.295. The van der Waals surface area contributed by atoms with Crippen molar-refractivity contribution in [3.63, 3.8) is 0 Å². The second-order valence-corrected chi connectivity index (χ2v) is 4.72. The topological polar surface area (TPSA) is 93.5 Å². The van der Waals surface area contributed by atoms with Gasteiger partial charge in [0, 0.05) is 0 Å². The highest BCUT2D eigenvalue weighted by Gasteiger charge is 2.17. The molecule has 1 N–H and O–H groups in total. The van der Waals surface area contributed by atoms with Crippen LogP contribution in [0.15, 0.2) is 35.2 Å². The van der Waals surface area contributed by atoms with Crippen molar-refractivity contribution < 1.29 is 4.52 Å². The van der Waals surface area contributed by atoms with Crippen molar-refractivity contribution in [2.75, 3.05) is 0 Å². The molecule has 2 aromatic heterocycles. The lowest BCUT2D eigenvalue weighted by molar-refractivity contribution is 0.418. The number of aryl methyl sites for hydroxylation is 1. The van der Waals surface area contributed by atoms with Crippen molar-refractivity contribution in [3.8, 4) is 11.6 Å². The maximum absolute atomic E-state index is 7.69. The molecule has 0 bridgehead atoms. The van der Waals surface area contributed by atoms with E-state index in [-0.39, 0.29) is 0 Å². The molecule has 0 amide bonds. The summed E-state index contributed by atoms with van der Waals surface area (Å²) in [6.45, 7) is 4.23. The minimum atomic E-state index is 0.295. The Labute approximate surface area is 121 Å². The van der Waals surface area contributed by atoms with Crippen LogP contribution < -0.4 is 0 Å². The predicted molar refractivity (Wildman–Crippen MR) is 76.1 cm³/mol. The van der Waals surface area contributed by atoms with Crippen LogP contribution in [0.5, 0.6) is 0 Å². The molecule has 0 aliphatic heterocycles. The number of rotatable bonds is 4. The number of nitrogens with one attached hydrogen (secondary N) is 1. The van der Waals surface area contributed by atoms with Gasteiger partial charge in [0.1, 0.15) is 0 Å². The molecule has 0 saturated carbocycles. The normalized spacial score (nSPS) is 10.8. The zero-order valence-corrected chi connectivity index (χ0v) is 11.7. The van der Waals surface area contributed by atoms with E-state index >= 15 is 0 Å². The summed E-state index contributed by atoms with van der Waals surface area (Å²) in [5, 5.41) is 15.9. The molecule has 1 aromatic carbocycles. The van der Waals surface area contributed by atoms with Crippen LogP contribution in [0.1, 0.15) is 23.9 Å². The molecule has 106 valence electrons. The summed E-state index contributed by atoms with van der Waals surface area (Å²) in [7, 11) is 0. The van der Waals surface area contributed by atoms with Gasteiger partial charge in [-0.25, -0.2) is 9.67 Å². The fraction of sp³-hybridized carbons (Fsp3) is 0.214. The molecule has 3 rings (SSSR count). The molecule has 0 fully saturated rings. The monoisotopic (exact) mass is 282 g/mol. The second kappa shape index (κ2) is 5.28. The van der Waals surface area contributed by atoms with E-state index in [4.69, 9.17) is 9.93 Å². The first-order valence-electron chi connectivity index (χ1n) is 6.47. The summed E-state index contributed by atoms with van der Waals surface area (Å²) >= 11 is 0. The lowest BCUT2D eigenvalue weighted by Gasteiger charge is -2.06. The Morgan fingerprint density at radius 2 is 2.14 bits per heavy atom. The summed E-state index contributed by atoms with van der Waals surface area (Å²) in [6, 6.07) is 8.06. The molecule has 7 heteroatoms. The van der Waals surface area contributed by atoms with Crippen molar-refractivity contribution >= 4 is 5.71 Å². The average Bonchev–Trinajstić information content (AvgIpc) is 3.10. The van der Waals surface area contributed by atoms with Crippen LogP contribution in [0.4, 0.5) is 0 Å². The van der Waals surface area contributed by atoms with Crippen molar-refractivity contribution in [1.82, 2.24) is 24.9 Å². The molecular formula is C14H14N6O. The van der Waals surface area contributed by atoms with Crippen LogP contribution in [0.3, 0.4) is 0 Å². The Balaban J connectivity index is 2.05. The van der Waals surface area contributed by atoms with Crippen molar-refractivity contribution in [1.29, 1.82) is 5.41 Å². The first-order chi connectivity index (χ1) is 10.1. The van der Waals surface area contributed by atoms with Gasteiger partial charge in [-0.05, 0) is 25.0 Å². The lowest BCUT2D eigenvalue weighted by atomic mass is 10.1. The molecular weight excluding hydrogens is 268 g/mol. The Kier molecular flexibility index (Phi) is 3.31. The van der Waals surface area contributed by atoms with E-state index in [9.17, 15) is 0 Å². The molecule has 0 aliphatic carbocycles. The molecule has 0 radical (unpaired) electrons. The van der Waals surface area contributed by atoms with Gasteiger partial charge in [0.2, 0.25) is 18.0 Å². The van der Waals surface area contributed by atoms with E-state index in [1.54, 1.807) is 11.6 Å². The van der Waals surface area contributed by atoms with Crippen molar-refractivity contribution in [2.45, 2.75) is 20.4 Å². The molecule has 3 aromatic rings. The maximum atomic E-state index is 7.69. The van der Waals surface area contributed by atoms with Gasteiger partial charge in [-0.1, -0.05) is 29.4 Å². The van der Waals surface area contributed by atoms with E-state index in [0.717, 1.165) is 5.56 Å². The zero-order chi connectivity index (χ0) is 14.8. The summed E-state index contributed by atoms with van der Waals surface area (Å²) in [4.78, 5) is 8.33. The van der Waals surface area contributed by atoms with Gasteiger partial charge in [0.15, 0.2) is 5.82 Å². The first-order valence-corrected chi connectivity index (χ1v) is 6.47. The Morgan fingerprint density at radius 1 is 1.33 bits per heavy atom. The van der Waals surface area contributed by atoms with Gasteiger partial charge >= 0.3 is 0 Å². The number of aromatic nitrogens is 5. The third-order valence-electron chi connectivity index (χ3n) is 3.15. The number of nitrogens with zero attached hydrogens (tertiary/aromatic N) is 5. The molecule has 7 nitrogen and oxygen atoms in total. The Hall–Kier alpha value is -2.83. The Bertz CT molecular complexity index is 775. The zero-order valence-electron chi connectivity index (χ0n) is 11.7. The van der Waals surface area contributed by atoms with Gasteiger partial charge < -0.3 is 9.93 Å². The third kappa shape index (κ3) is 2.58. The fourth-order valence-corrected chi connectivity index (χ4v) is 1.99. The summed E-state index contributed by atoms with van der Waals surface area (Å²) < 4.78 is 6.47. The van der Waals surface area contributed by atoms with Crippen LogP contribution in [-0.2, 0) is 6.54 Å². The quantitative estimate of drug-likeness (QED) is 0.739. The lowest BCUT2D eigenvalue weighted by Crippen LogP contribution is -2.07. The van der Waals surface area contributed by atoms with Gasteiger partial charge in [0.05, 0.1) is 12.3 Å². The smallest absolute Gasteiger partial charge is 0.239 e. The molecule has 0 aliphatic rings. The number of hydrogen-bond donors (Lipinski definition) is 1.